The van der Waals surface area contributed by atoms with Crippen molar-refractivity contribution >= 4 is 0 Å². The summed E-state index contributed by atoms with van der Waals surface area (Å²) in [5.74, 6) is 0.882. The quantitative estimate of drug-likeness (QED) is 0.636. The van der Waals surface area contributed by atoms with Gasteiger partial charge in [0.25, 0.3) is 0 Å². The van der Waals surface area contributed by atoms with Crippen LogP contribution in [0, 0.1) is 5.92 Å². The van der Waals surface area contributed by atoms with E-state index in [-0.39, 0.29) is 0 Å². The van der Waals surface area contributed by atoms with Gasteiger partial charge < -0.3 is 15.0 Å². The van der Waals surface area contributed by atoms with Gasteiger partial charge in [0, 0.05) is 26.2 Å². The SMILES string of the molecule is COCCNCC1CCN(C2CC2)C1. The normalized spacial score (nSPS) is 28.5. The first-order valence-corrected chi connectivity index (χ1v) is 5.84. The summed E-state index contributed by atoms with van der Waals surface area (Å²) in [4.78, 5) is 2.67. The van der Waals surface area contributed by atoms with Gasteiger partial charge in [-0.05, 0) is 38.3 Å². The predicted molar refractivity (Wildman–Crippen MR) is 57.4 cm³/mol. The highest BCUT2D eigenvalue weighted by Crippen LogP contribution is 2.31. The van der Waals surface area contributed by atoms with Crippen molar-refractivity contribution in [2.45, 2.75) is 25.3 Å². The lowest BCUT2D eigenvalue weighted by molar-refractivity contribution is 0.197. The summed E-state index contributed by atoms with van der Waals surface area (Å²) in [5.41, 5.74) is 0. The molecule has 2 rings (SSSR count). The molecule has 0 spiro atoms. The van der Waals surface area contributed by atoms with E-state index in [0.717, 1.165) is 25.1 Å². The molecular weight excluding hydrogens is 176 g/mol. The van der Waals surface area contributed by atoms with Crippen molar-refractivity contribution in [1.29, 1.82) is 0 Å². The number of likely N-dealkylation sites (tertiary alicyclic amines) is 1. The maximum Gasteiger partial charge on any atom is 0.0587 e. The second-order valence-corrected chi connectivity index (χ2v) is 4.58. The van der Waals surface area contributed by atoms with Crippen molar-refractivity contribution in [2.75, 3.05) is 39.9 Å². The first-order chi connectivity index (χ1) is 6.90. The average Bonchev–Trinajstić information content (AvgIpc) is 2.94. The van der Waals surface area contributed by atoms with Gasteiger partial charge in [-0.15, -0.1) is 0 Å². The lowest BCUT2D eigenvalue weighted by atomic mass is 10.1. The Morgan fingerprint density at radius 2 is 2.21 bits per heavy atom. The molecular formula is C11H22N2O. The molecule has 0 aromatic carbocycles. The highest BCUT2D eigenvalue weighted by molar-refractivity contribution is 4.89. The maximum atomic E-state index is 5.00. The molecule has 1 heterocycles. The molecule has 0 bridgehead atoms. The molecule has 1 aliphatic heterocycles. The number of hydrogen-bond donors (Lipinski definition) is 1. The molecule has 1 saturated carbocycles. The molecule has 3 nitrogen and oxygen atoms in total. The van der Waals surface area contributed by atoms with Crippen LogP contribution in [-0.2, 0) is 4.74 Å². The van der Waals surface area contributed by atoms with E-state index < -0.39 is 0 Å². The van der Waals surface area contributed by atoms with Crippen molar-refractivity contribution in [3.63, 3.8) is 0 Å². The molecule has 0 amide bonds. The first kappa shape index (κ1) is 10.4. The molecule has 1 unspecified atom stereocenters. The minimum Gasteiger partial charge on any atom is -0.383 e. The molecule has 1 saturated heterocycles. The molecule has 0 aromatic heterocycles. The molecule has 0 radical (unpaired) electrons. The van der Waals surface area contributed by atoms with E-state index in [0.29, 0.717) is 0 Å². The van der Waals surface area contributed by atoms with Crippen LogP contribution in [0.3, 0.4) is 0 Å². The average molecular weight is 198 g/mol. The lowest BCUT2D eigenvalue weighted by Gasteiger charge is -2.14. The second-order valence-electron chi connectivity index (χ2n) is 4.58. The third-order valence-electron chi connectivity index (χ3n) is 3.30. The number of rotatable bonds is 6. The van der Waals surface area contributed by atoms with Crippen molar-refractivity contribution in [2.24, 2.45) is 5.92 Å². The van der Waals surface area contributed by atoms with Crippen LogP contribution >= 0.6 is 0 Å². The van der Waals surface area contributed by atoms with Gasteiger partial charge in [0.1, 0.15) is 0 Å². The van der Waals surface area contributed by atoms with Crippen LogP contribution in [-0.4, -0.2) is 50.8 Å². The summed E-state index contributed by atoms with van der Waals surface area (Å²) in [6.07, 6.45) is 4.28. The fourth-order valence-corrected chi connectivity index (χ4v) is 2.28. The van der Waals surface area contributed by atoms with E-state index >= 15 is 0 Å². The van der Waals surface area contributed by atoms with Crippen LogP contribution in [0.1, 0.15) is 19.3 Å². The Bertz CT molecular complexity index is 171. The Hall–Kier alpha value is -0.120. The fourth-order valence-electron chi connectivity index (χ4n) is 2.28. The van der Waals surface area contributed by atoms with E-state index in [1.54, 1.807) is 7.11 Å². The van der Waals surface area contributed by atoms with Crippen LogP contribution in [0.5, 0.6) is 0 Å². The smallest absolute Gasteiger partial charge is 0.0587 e. The molecule has 82 valence electrons. The van der Waals surface area contributed by atoms with Gasteiger partial charge in [-0.3, -0.25) is 0 Å². The molecule has 2 fully saturated rings. The highest BCUT2D eigenvalue weighted by atomic mass is 16.5. The van der Waals surface area contributed by atoms with Crippen molar-refractivity contribution in [3.8, 4) is 0 Å². The van der Waals surface area contributed by atoms with Gasteiger partial charge in [-0.1, -0.05) is 0 Å². The Kier molecular flexibility index (Phi) is 3.79. The van der Waals surface area contributed by atoms with E-state index in [4.69, 9.17) is 4.74 Å². The Morgan fingerprint density at radius 3 is 2.93 bits per heavy atom. The zero-order valence-electron chi connectivity index (χ0n) is 9.17. The van der Waals surface area contributed by atoms with Crippen LogP contribution < -0.4 is 5.32 Å². The standard InChI is InChI=1S/C11H22N2O/c1-14-7-5-12-8-10-4-6-13(9-10)11-2-3-11/h10-12H,2-9H2,1H3. The van der Waals surface area contributed by atoms with Crippen LogP contribution in [0.15, 0.2) is 0 Å². The van der Waals surface area contributed by atoms with Crippen molar-refractivity contribution < 1.29 is 4.74 Å². The van der Waals surface area contributed by atoms with E-state index in [2.05, 4.69) is 10.2 Å². The summed E-state index contributed by atoms with van der Waals surface area (Å²) < 4.78 is 5.00. The number of nitrogens with one attached hydrogen (secondary N) is 1. The van der Waals surface area contributed by atoms with Gasteiger partial charge in [-0.2, -0.15) is 0 Å². The van der Waals surface area contributed by atoms with E-state index in [9.17, 15) is 0 Å². The zero-order chi connectivity index (χ0) is 9.80. The molecule has 3 heteroatoms. The summed E-state index contributed by atoms with van der Waals surface area (Å²) in [6.45, 7) is 5.66. The Balaban J connectivity index is 1.54. The van der Waals surface area contributed by atoms with E-state index in [1.807, 2.05) is 0 Å². The predicted octanol–water partition coefficient (Wildman–Crippen LogP) is 0.707. The van der Waals surface area contributed by atoms with Gasteiger partial charge in [0.05, 0.1) is 6.61 Å². The largest absolute Gasteiger partial charge is 0.383 e. The van der Waals surface area contributed by atoms with Gasteiger partial charge in [0.15, 0.2) is 0 Å². The lowest BCUT2D eigenvalue weighted by Crippen LogP contribution is -2.29. The molecule has 1 aliphatic carbocycles. The molecule has 0 aromatic rings. The number of hydrogen-bond acceptors (Lipinski definition) is 3. The summed E-state index contributed by atoms with van der Waals surface area (Å²) >= 11 is 0. The second kappa shape index (κ2) is 5.10. The van der Waals surface area contributed by atoms with E-state index in [1.165, 1.54) is 38.9 Å². The van der Waals surface area contributed by atoms with Gasteiger partial charge in [0.2, 0.25) is 0 Å². The fraction of sp³-hybridized carbons (Fsp3) is 1.00. The Morgan fingerprint density at radius 1 is 1.36 bits per heavy atom. The Labute approximate surface area is 86.8 Å². The van der Waals surface area contributed by atoms with Crippen LogP contribution in [0.2, 0.25) is 0 Å². The minimum atomic E-state index is 0.832. The monoisotopic (exact) mass is 198 g/mol. The topological polar surface area (TPSA) is 24.5 Å². The number of methoxy groups -OCH3 is 1. The summed E-state index contributed by atoms with van der Waals surface area (Å²) in [7, 11) is 1.76. The first-order valence-electron chi connectivity index (χ1n) is 5.84. The summed E-state index contributed by atoms with van der Waals surface area (Å²) in [6, 6.07) is 0.957. The molecule has 2 aliphatic rings. The van der Waals surface area contributed by atoms with Gasteiger partial charge in [-0.25, -0.2) is 0 Å². The maximum absolute atomic E-state index is 5.00. The number of nitrogens with zero attached hydrogens (tertiary/aromatic N) is 1. The third kappa shape index (κ3) is 2.94. The molecule has 14 heavy (non-hydrogen) atoms. The highest BCUT2D eigenvalue weighted by Gasteiger charge is 2.33. The van der Waals surface area contributed by atoms with Gasteiger partial charge >= 0.3 is 0 Å². The van der Waals surface area contributed by atoms with Crippen molar-refractivity contribution in [3.05, 3.63) is 0 Å². The van der Waals surface area contributed by atoms with Crippen LogP contribution in [0.25, 0.3) is 0 Å². The minimum absolute atomic E-state index is 0.832. The third-order valence-corrected chi connectivity index (χ3v) is 3.30. The number of ether oxygens (including phenoxy) is 1. The zero-order valence-corrected chi connectivity index (χ0v) is 9.17. The van der Waals surface area contributed by atoms with Crippen LogP contribution in [0.4, 0.5) is 0 Å². The molecule has 1 N–H and O–H groups in total. The van der Waals surface area contributed by atoms with Crippen molar-refractivity contribution in [1.82, 2.24) is 10.2 Å². The summed E-state index contributed by atoms with van der Waals surface area (Å²) in [5, 5.41) is 3.46. The molecule has 1 atom stereocenters.